The van der Waals surface area contributed by atoms with Crippen molar-refractivity contribution < 1.29 is 28.6 Å². The summed E-state index contributed by atoms with van der Waals surface area (Å²) in [5.74, 6) is 1.99. The molecule has 0 amide bonds. The van der Waals surface area contributed by atoms with Gasteiger partial charge in [0.25, 0.3) is 0 Å². The monoisotopic (exact) mass is 502 g/mol. The van der Waals surface area contributed by atoms with E-state index in [9.17, 15) is 14.4 Å². The fourth-order valence-electron chi connectivity index (χ4n) is 8.98. The van der Waals surface area contributed by atoms with Gasteiger partial charge < -0.3 is 14.2 Å². The fraction of sp³-hybridized carbons (Fsp3) is 0.833. The molecule has 4 aliphatic carbocycles. The highest BCUT2D eigenvalue weighted by atomic mass is 16.5. The lowest BCUT2D eigenvalue weighted by molar-refractivity contribution is -0.183. The average molecular weight is 503 g/mol. The number of allylic oxidation sites excluding steroid dienone is 2. The van der Waals surface area contributed by atoms with Crippen molar-refractivity contribution >= 4 is 17.9 Å². The van der Waals surface area contributed by atoms with Gasteiger partial charge in [0, 0.05) is 25.7 Å². The zero-order valence-corrected chi connectivity index (χ0v) is 23.1. The van der Waals surface area contributed by atoms with E-state index in [2.05, 4.69) is 32.9 Å². The maximum Gasteiger partial charge on any atom is 0.305 e. The first kappa shape index (κ1) is 27.2. The van der Waals surface area contributed by atoms with Gasteiger partial charge in [0.05, 0.1) is 6.61 Å². The van der Waals surface area contributed by atoms with Gasteiger partial charge in [-0.1, -0.05) is 32.9 Å². The average Bonchev–Trinajstić information content (AvgIpc) is 3.16. The third kappa shape index (κ3) is 4.86. The van der Waals surface area contributed by atoms with Crippen LogP contribution in [0.2, 0.25) is 0 Å². The summed E-state index contributed by atoms with van der Waals surface area (Å²) in [7, 11) is 0. The van der Waals surface area contributed by atoms with Gasteiger partial charge in [0.15, 0.2) is 0 Å². The molecule has 4 rings (SSSR count). The van der Waals surface area contributed by atoms with Crippen LogP contribution >= 0.6 is 0 Å². The molecule has 0 aliphatic heterocycles. The molecule has 0 heterocycles. The van der Waals surface area contributed by atoms with Gasteiger partial charge in [-0.25, -0.2) is 0 Å². The Kier molecular flexibility index (Phi) is 7.92. The van der Waals surface area contributed by atoms with Gasteiger partial charge in [-0.3, -0.25) is 14.4 Å². The number of ether oxygens (including phenoxy) is 3. The molecular formula is C30H46O6. The highest BCUT2D eigenvalue weighted by Crippen LogP contribution is 2.67. The molecule has 0 aromatic rings. The van der Waals surface area contributed by atoms with E-state index in [4.69, 9.17) is 14.2 Å². The molecule has 3 fully saturated rings. The van der Waals surface area contributed by atoms with Crippen LogP contribution in [0.15, 0.2) is 12.2 Å². The van der Waals surface area contributed by atoms with E-state index in [1.807, 2.05) is 6.92 Å². The molecule has 0 bridgehead atoms. The van der Waals surface area contributed by atoms with Crippen LogP contribution in [0.25, 0.3) is 0 Å². The number of fused-ring (bicyclic) bond motifs is 5. The third-order valence-corrected chi connectivity index (χ3v) is 10.7. The lowest BCUT2D eigenvalue weighted by atomic mass is 9.45. The molecule has 0 N–H and O–H groups in total. The first-order valence-electron chi connectivity index (χ1n) is 14.2. The van der Waals surface area contributed by atoms with Crippen LogP contribution in [-0.2, 0) is 28.6 Å². The van der Waals surface area contributed by atoms with Gasteiger partial charge in [-0.15, -0.1) is 0 Å². The predicted octanol–water partition coefficient (Wildman–Crippen LogP) is 5.87. The van der Waals surface area contributed by atoms with Crippen molar-refractivity contribution in [2.24, 2.45) is 46.3 Å². The quantitative estimate of drug-likeness (QED) is 0.246. The van der Waals surface area contributed by atoms with Crippen molar-refractivity contribution in [1.29, 1.82) is 0 Å². The number of esters is 3. The second-order valence-electron chi connectivity index (χ2n) is 12.5. The molecule has 6 nitrogen and oxygen atoms in total. The van der Waals surface area contributed by atoms with Gasteiger partial charge in [0.1, 0.15) is 12.2 Å². The number of carbonyl (C=O) groups is 3. The number of hydrogen-bond donors (Lipinski definition) is 0. The minimum Gasteiger partial charge on any atom is -0.466 e. The van der Waals surface area contributed by atoms with Gasteiger partial charge >= 0.3 is 17.9 Å². The normalized spacial score (nSPS) is 41.9. The van der Waals surface area contributed by atoms with Crippen molar-refractivity contribution in [3.05, 3.63) is 12.2 Å². The predicted molar refractivity (Wildman–Crippen MR) is 137 cm³/mol. The summed E-state index contributed by atoms with van der Waals surface area (Å²) in [5.41, 5.74) is 0.00675. The maximum atomic E-state index is 12.3. The van der Waals surface area contributed by atoms with Gasteiger partial charge in [0.2, 0.25) is 0 Å². The molecule has 0 saturated heterocycles. The molecular weight excluding hydrogens is 456 g/mol. The molecule has 202 valence electrons. The van der Waals surface area contributed by atoms with Crippen LogP contribution in [0, 0.1) is 46.3 Å². The Balaban J connectivity index is 1.59. The SMILES string of the molecule is CCOC(=O)CC[C@@H](C)[C@H]1CC[C@H]2[C@@H]3C=C[C@@H]4C[C@@H](OC(C)=O)CC[C@]4(C)[C@H]3C[C@H](OC(C)=O)[C@]12C. The summed E-state index contributed by atoms with van der Waals surface area (Å²) >= 11 is 0. The zero-order chi connectivity index (χ0) is 26.3. The van der Waals surface area contributed by atoms with Crippen LogP contribution in [0.3, 0.4) is 0 Å². The standard InChI is InChI=1S/C30H46O6/c1-7-34-28(33)13-8-18(2)24-11-12-25-23-10-9-21-16-22(35-19(3)31)14-15-29(21,5)26(23)17-27(30(24,25)6)36-20(4)32/h9-10,18,21-27H,7-8,11-17H2,1-6H3/t18-,21-,22+,23+,24-,25+,26+,27+,29+,30-/m1/s1. The Morgan fingerprint density at radius 2 is 1.69 bits per heavy atom. The van der Waals surface area contributed by atoms with E-state index in [1.54, 1.807) is 0 Å². The van der Waals surface area contributed by atoms with Crippen LogP contribution in [0.4, 0.5) is 0 Å². The Morgan fingerprint density at radius 3 is 2.36 bits per heavy atom. The lowest BCUT2D eigenvalue weighted by Gasteiger charge is -2.61. The van der Waals surface area contributed by atoms with E-state index >= 15 is 0 Å². The van der Waals surface area contributed by atoms with Crippen LogP contribution in [0.5, 0.6) is 0 Å². The summed E-state index contributed by atoms with van der Waals surface area (Å²) in [4.78, 5) is 35.9. The molecule has 3 saturated carbocycles. The van der Waals surface area contributed by atoms with E-state index in [0.717, 1.165) is 44.9 Å². The van der Waals surface area contributed by atoms with Crippen molar-refractivity contribution in [2.75, 3.05) is 6.61 Å². The van der Waals surface area contributed by atoms with Gasteiger partial charge in [-0.2, -0.15) is 0 Å². The third-order valence-electron chi connectivity index (χ3n) is 10.7. The highest BCUT2D eigenvalue weighted by molar-refractivity contribution is 5.69. The Morgan fingerprint density at radius 1 is 0.972 bits per heavy atom. The Hall–Kier alpha value is -1.85. The van der Waals surface area contributed by atoms with Crippen LogP contribution < -0.4 is 0 Å². The Bertz CT molecular complexity index is 881. The number of rotatable bonds is 7. The topological polar surface area (TPSA) is 78.9 Å². The Labute approximate surface area is 216 Å². The molecule has 10 atom stereocenters. The van der Waals surface area contributed by atoms with E-state index in [1.165, 1.54) is 13.8 Å². The summed E-state index contributed by atoms with van der Waals surface area (Å²) in [6.45, 7) is 12.3. The summed E-state index contributed by atoms with van der Waals surface area (Å²) in [6.07, 6.45) is 11.9. The van der Waals surface area contributed by atoms with Gasteiger partial charge in [-0.05, 0) is 92.8 Å². The molecule has 0 radical (unpaired) electrons. The summed E-state index contributed by atoms with van der Waals surface area (Å²) in [5, 5.41) is 0. The van der Waals surface area contributed by atoms with Crippen LogP contribution in [-0.4, -0.2) is 36.7 Å². The van der Waals surface area contributed by atoms with Crippen molar-refractivity contribution in [3.63, 3.8) is 0 Å². The molecule has 0 spiro atoms. The van der Waals surface area contributed by atoms with Crippen molar-refractivity contribution in [2.45, 2.75) is 105 Å². The molecule has 4 aliphatic rings. The second-order valence-corrected chi connectivity index (χ2v) is 12.5. The first-order valence-corrected chi connectivity index (χ1v) is 14.2. The lowest BCUT2D eigenvalue weighted by Crippen LogP contribution is -2.58. The minimum atomic E-state index is -0.199. The fourth-order valence-corrected chi connectivity index (χ4v) is 8.98. The smallest absolute Gasteiger partial charge is 0.305 e. The van der Waals surface area contributed by atoms with Crippen molar-refractivity contribution in [1.82, 2.24) is 0 Å². The molecule has 0 unspecified atom stereocenters. The summed E-state index contributed by atoms with van der Waals surface area (Å²) < 4.78 is 17.0. The second kappa shape index (κ2) is 10.5. The van der Waals surface area contributed by atoms with Crippen LogP contribution in [0.1, 0.15) is 92.9 Å². The van der Waals surface area contributed by atoms with E-state index in [-0.39, 0.29) is 40.9 Å². The zero-order valence-electron chi connectivity index (χ0n) is 23.1. The van der Waals surface area contributed by atoms with Crippen molar-refractivity contribution in [3.8, 4) is 0 Å². The summed E-state index contributed by atoms with van der Waals surface area (Å²) in [6, 6.07) is 0. The molecule has 0 aromatic heterocycles. The van der Waals surface area contributed by atoms with E-state index in [0.29, 0.717) is 48.5 Å². The molecule has 0 aromatic carbocycles. The largest absolute Gasteiger partial charge is 0.466 e. The highest BCUT2D eigenvalue weighted by Gasteiger charge is 2.64. The number of hydrogen-bond acceptors (Lipinski definition) is 6. The van der Waals surface area contributed by atoms with E-state index < -0.39 is 0 Å². The first-order chi connectivity index (χ1) is 17.0. The maximum absolute atomic E-state index is 12.3. The minimum absolute atomic E-state index is 0.00370. The number of carbonyl (C=O) groups excluding carboxylic acids is 3. The molecule has 6 heteroatoms. The molecule has 36 heavy (non-hydrogen) atoms.